The van der Waals surface area contributed by atoms with E-state index in [1.54, 1.807) is 31.2 Å². The lowest BCUT2D eigenvalue weighted by molar-refractivity contribution is -0.126. The number of ether oxygens (including phenoxy) is 1. The van der Waals surface area contributed by atoms with Crippen LogP contribution < -0.4 is 15.0 Å². The Morgan fingerprint density at radius 3 is 2.25 bits per heavy atom. The predicted octanol–water partition coefficient (Wildman–Crippen LogP) is 2.41. The first-order valence-corrected chi connectivity index (χ1v) is 7.74. The van der Waals surface area contributed by atoms with E-state index in [2.05, 4.69) is 5.32 Å². The average molecular weight is 326 g/mol. The number of carbonyl (C=O) groups is 2. The van der Waals surface area contributed by atoms with E-state index in [1.165, 1.54) is 6.92 Å². The van der Waals surface area contributed by atoms with Gasteiger partial charge in [0.05, 0.1) is 7.11 Å². The van der Waals surface area contributed by atoms with Crippen LogP contribution in [-0.2, 0) is 16.0 Å². The highest BCUT2D eigenvalue weighted by atomic mass is 16.5. The number of amides is 2. The summed E-state index contributed by atoms with van der Waals surface area (Å²) in [5.74, 6) is 0.328. The highest BCUT2D eigenvalue weighted by Gasteiger charge is 2.24. The van der Waals surface area contributed by atoms with E-state index in [0.717, 1.165) is 17.0 Å². The molecule has 0 aliphatic rings. The van der Waals surface area contributed by atoms with Gasteiger partial charge in [-0.05, 0) is 29.8 Å². The molecule has 2 aromatic carbocycles. The molecule has 0 aliphatic carbocycles. The number of anilines is 1. The zero-order chi connectivity index (χ0) is 17.5. The Balaban J connectivity index is 2.17. The number of carbonyl (C=O) groups excluding carboxylic acids is 2. The molecule has 0 fully saturated rings. The average Bonchev–Trinajstić information content (AvgIpc) is 2.60. The molecular formula is C19H22N2O3. The van der Waals surface area contributed by atoms with Gasteiger partial charge in [0.2, 0.25) is 11.8 Å². The molecule has 0 bridgehead atoms. The van der Waals surface area contributed by atoms with E-state index in [4.69, 9.17) is 4.74 Å². The minimum absolute atomic E-state index is 0.167. The molecule has 2 rings (SSSR count). The van der Waals surface area contributed by atoms with Gasteiger partial charge in [-0.2, -0.15) is 0 Å². The summed E-state index contributed by atoms with van der Waals surface area (Å²) in [5, 5.41) is 2.75. The zero-order valence-electron chi connectivity index (χ0n) is 14.2. The lowest BCUT2D eigenvalue weighted by atomic mass is 10.0. The fraction of sp³-hybridized carbons (Fsp3) is 0.263. The monoisotopic (exact) mass is 326 g/mol. The van der Waals surface area contributed by atoms with Gasteiger partial charge in [-0.3, -0.25) is 9.59 Å². The quantitative estimate of drug-likeness (QED) is 0.887. The lowest BCUT2D eigenvalue weighted by Crippen LogP contribution is -2.48. The van der Waals surface area contributed by atoms with Crippen molar-refractivity contribution in [2.75, 3.05) is 19.1 Å². The lowest BCUT2D eigenvalue weighted by Gasteiger charge is -2.24. The van der Waals surface area contributed by atoms with Crippen LogP contribution in [0.25, 0.3) is 0 Å². The summed E-state index contributed by atoms with van der Waals surface area (Å²) in [6, 6.07) is 16.2. The van der Waals surface area contributed by atoms with Crippen molar-refractivity contribution in [3.8, 4) is 5.75 Å². The summed E-state index contributed by atoms with van der Waals surface area (Å²) in [6.07, 6.45) is 0.444. The van der Waals surface area contributed by atoms with Crippen LogP contribution >= 0.6 is 0 Å². The third-order valence-electron chi connectivity index (χ3n) is 3.75. The van der Waals surface area contributed by atoms with Crippen molar-refractivity contribution < 1.29 is 14.3 Å². The molecule has 24 heavy (non-hydrogen) atoms. The first-order valence-electron chi connectivity index (χ1n) is 7.74. The van der Waals surface area contributed by atoms with Crippen molar-refractivity contribution in [3.63, 3.8) is 0 Å². The Hall–Kier alpha value is -2.82. The third-order valence-corrected chi connectivity index (χ3v) is 3.75. The molecule has 0 aliphatic heterocycles. The first kappa shape index (κ1) is 17.5. The number of likely N-dealkylation sites (N-methyl/N-ethyl adjacent to an activating group) is 1. The number of nitrogens with zero attached hydrogens (tertiary/aromatic N) is 1. The van der Waals surface area contributed by atoms with Crippen LogP contribution in [0.1, 0.15) is 12.5 Å². The van der Waals surface area contributed by atoms with Gasteiger partial charge in [0, 0.05) is 26.1 Å². The molecule has 2 aromatic rings. The SMILES string of the molecule is COc1ccc(N(C)C(=O)C(Cc2ccccc2)NC(C)=O)cc1. The van der Waals surface area contributed by atoms with Crippen LogP contribution in [0.3, 0.4) is 0 Å². The minimum atomic E-state index is -0.614. The molecule has 5 heteroatoms. The number of benzene rings is 2. The molecule has 5 nitrogen and oxygen atoms in total. The zero-order valence-corrected chi connectivity index (χ0v) is 14.2. The Kier molecular flexibility index (Phi) is 5.95. The molecule has 1 unspecified atom stereocenters. The largest absolute Gasteiger partial charge is 0.497 e. The van der Waals surface area contributed by atoms with E-state index < -0.39 is 6.04 Å². The van der Waals surface area contributed by atoms with Gasteiger partial charge in [-0.15, -0.1) is 0 Å². The Morgan fingerprint density at radius 1 is 1.08 bits per heavy atom. The number of methoxy groups -OCH3 is 1. The smallest absolute Gasteiger partial charge is 0.249 e. The van der Waals surface area contributed by atoms with Crippen molar-refractivity contribution in [1.29, 1.82) is 0 Å². The second-order valence-corrected chi connectivity index (χ2v) is 5.54. The third kappa shape index (κ3) is 4.59. The van der Waals surface area contributed by atoms with Gasteiger partial charge in [0.1, 0.15) is 11.8 Å². The van der Waals surface area contributed by atoms with E-state index >= 15 is 0 Å². The number of hydrogen-bond acceptors (Lipinski definition) is 3. The molecule has 0 saturated carbocycles. The second-order valence-electron chi connectivity index (χ2n) is 5.54. The summed E-state index contributed by atoms with van der Waals surface area (Å²) in [6.45, 7) is 1.42. The second kappa shape index (κ2) is 8.15. The van der Waals surface area contributed by atoms with Crippen molar-refractivity contribution in [2.24, 2.45) is 0 Å². The predicted molar refractivity (Wildman–Crippen MR) is 94.2 cm³/mol. The van der Waals surface area contributed by atoms with Crippen LogP contribution in [0, 0.1) is 0 Å². The molecule has 0 spiro atoms. The van der Waals surface area contributed by atoms with Crippen molar-refractivity contribution >= 4 is 17.5 Å². The van der Waals surface area contributed by atoms with Gasteiger partial charge in [0.15, 0.2) is 0 Å². The Morgan fingerprint density at radius 2 is 1.71 bits per heavy atom. The summed E-state index contributed by atoms with van der Waals surface area (Å²) < 4.78 is 5.13. The van der Waals surface area contributed by atoms with Crippen molar-refractivity contribution in [2.45, 2.75) is 19.4 Å². The van der Waals surface area contributed by atoms with Crippen LogP contribution in [-0.4, -0.2) is 32.0 Å². The number of rotatable bonds is 6. The normalized spacial score (nSPS) is 11.5. The molecule has 0 heterocycles. The van der Waals surface area contributed by atoms with Crippen LogP contribution in [0.4, 0.5) is 5.69 Å². The molecule has 1 N–H and O–H groups in total. The highest BCUT2D eigenvalue weighted by Crippen LogP contribution is 2.19. The van der Waals surface area contributed by atoms with Gasteiger partial charge in [-0.25, -0.2) is 0 Å². The maximum atomic E-state index is 12.8. The fourth-order valence-electron chi connectivity index (χ4n) is 2.46. The highest BCUT2D eigenvalue weighted by molar-refractivity contribution is 5.98. The molecule has 0 saturated heterocycles. The molecule has 126 valence electrons. The van der Waals surface area contributed by atoms with Gasteiger partial charge in [0.25, 0.3) is 0 Å². The Bertz CT molecular complexity index is 684. The maximum Gasteiger partial charge on any atom is 0.249 e. The molecule has 0 aromatic heterocycles. The van der Waals surface area contributed by atoms with E-state index in [0.29, 0.717) is 6.42 Å². The molecule has 0 radical (unpaired) electrons. The van der Waals surface area contributed by atoms with Crippen molar-refractivity contribution in [3.05, 3.63) is 60.2 Å². The summed E-state index contributed by atoms with van der Waals surface area (Å²) >= 11 is 0. The summed E-state index contributed by atoms with van der Waals surface area (Å²) in [5.41, 5.74) is 1.73. The maximum absolute atomic E-state index is 12.8. The Labute approximate surface area is 142 Å². The van der Waals surface area contributed by atoms with E-state index in [9.17, 15) is 9.59 Å². The topological polar surface area (TPSA) is 58.6 Å². The first-order chi connectivity index (χ1) is 11.5. The summed E-state index contributed by atoms with van der Waals surface area (Å²) in [7, 11) is 3.29. The molecular weight excluding hydrogens is 304 g/mol. The van der Waals surface area contributed by atoms with Crippen LogP contribution in [0.2, 0.25) is 0 Å². The number of hydrogen-bond donors (Lipinski definition) is 1. The van der Waals surface area contributed by atoms with Crippen LogP contribution in [0.5, 0.6) is 5.75 Å². The minimum Gasteiger partial charge on any atom is -0.497 e. The molecule has 1 atom stereocenters. The summed E-state index contributed by atoms with van der Waals surface area (Å²) in [4.78, 5) is 25.9. The van der Waals surface area contributed by atoms with Crippen LogP contribution in [0.15, 0.2) is 54.6 Å². The van der Waals surface area contributed by atoms with Gasteiger partial charge in [-0.1, -0.05) is 30.3 Å². The fourth-order valence-corrected chi connectivity index (χ4v) is 2.46. The molecule has 2 amide bonds. The standard InChI is InChI=1S/C19H22N2O3/c1-14(22)20-18(13-15-7-5-4-6-8-15)19(23)21(2)16-9-11-17(24-3)12-10-16/h4-12,18H,13H2,1-3H3,(H,20,22). The number of nitrogens with one attached hydrogen (secondary N) is 1. The van der Waals surface area contributed by atoms with Gasteiger partial charge >= 0.3 is 0 Å². The van der Waals surface area contributed by atoms with Crippen molar-refractivity contribution in [1.82, 2.24) is 5.32 Å². The van der Waals surface area contributed by atoms with E-state index in [-0.39, 0.29) is 11.8 Å². The van der Waals surface area contributed by atoms with E-state index in [1.807, 2.05) is 42.5 Å². The van der Waals surface area contributed by atoms with Gasteiger partial charge < -0.3 is 15.0 Å².